The van der Waals surface area contributed by atoms with Gasteiger partial charge in [-0.05, 0) is 61.7 Å². The van der Waals surface area contributed by atoms with E-state index in [1.165, 1.54) is 0 Å². The van der Waals surface area contributed by atoms with Gasteiger partial charge in [0.25, 0.3) is 5.91 Å². The SMILES string of the molecule is Cc1cc(C)cc(NC(=O)c2cc3c(cc2C)OCCCO3)c1. The number of ether oxygens (including phenoxy) is 2. The Kier molecular flexibility index (Phi) is 4.24. The Morgan fingerprint density at radius 2 is 1.52 bits per heavy atom. The molecule has 120 valence electrons. The van der Waals surface area contributed by atoms with Gasteiger partial charge in [-0.25, -0.2) is 0 Å². The lowest BCUT2D eigenvalue weighted by atomic mass is 10.1. The number of fused-ring (bicyclic) bond motifs is 1. The lowest BCUT2D eigenvalue weighted by Gasteiger charge is -2.13. The van der Waals surface area contributed by atoms with E-state index in [0.717, 1.165) is 28.8 Å². The highest BCUT2D eigenvalue weighted by Crippen LogP contribution is 2.33. The van der Waals surface area contributed by atoms with Crippen LogP contribution in [0.15, 0.2) is 30.3 Å². The van der Waals surface area contributed by atoms with Gasteiger partial charge in [-0.2, -0.15) is 0 Å². The van der Waals surface area contributed by atoms with Crippen LogP contribution in [0.1, 0.15) is 33.5 Å². The molecule has 0 unspecified atom stereocenters. The maximum atomic E-state index is 12.6. The fourth-order valence-electron chi connectivity index (χ4n) is 2.80. The Hall–Kier alpha value is -2.49. The molecule has 0 aromatic heterocycles. The molecule has 4 nitrogen and oxygen atoms in total. The molecule has 1 amide bonds. The van der Waals surface area contributed by atoms with Gasteiger partial charge in [0.15, 0.2) is 11.5 Å². The Labute approximate surface area is 136 Å². The van der Waals surface area contributed by atoms with Crippen LogP contribution in [0.3, 0.4) is 0 Å². The number of rotatable bonds is 2. The van der Waals surface area contributed by atoms with E-state index in [1.54, 1.807) is 6.07 Å². The fourth-order valence-corrected chi connectivity index (χ4v) is 2.80. The van der Waals surface area contributed by atoms with Gasteiger partial charge < -0.3 is 14.8 Å². The van der Waals surface area contributed by atoms with Gasteiger partial charge >= 0.3 is 0 Å². The molecule has 0 bridgehead atoms. The van der Waals surface area contributed by atoms with Crippen LogP contribution in [-0.4, -0.2) is 19.1 Å². The molecule has 2 aromatic carbocycles. The van der Waals surface area contributed by atoms with Crippen LogP contribution in [0, 0.1) is 20.8 Å². The summed E-state index contributed by atoms with van der Waals surface area (Å²) in [6.07, 6.45) is 0.845. The molecule has 0 fully saturated rings. The van der Waals surface area contributed by atoms with E-state index in [4.69, 9.17) is 9.47 Å². The summed E-state index contributed by atoms with van der Waals surface area (Å²) >= 11 is 0. The number of amides is 1. The third-order valence-corrected chi connectivity index (χ3v) is 3.82. The molecule has 0 radical (unpaired) electrons. The summed E-state index contributed by atoms with van der Waals surface area (Å²) in [4.78, 5) is 12.6. The Morgan fingerprint density at radius 1 is 0.913 bits per heavy atom. The van der Waals surface area contributed by atoms with Crippen LogP contribution in [0.25, 0.3) is 0 Å². The van der Waals surface area contributed by atoms with Gasteiger partial charge in [0, 0.05) is 17.7 Å². The second kappa shape index (κ2) is 6.32. The van der Waals surface area contributed by atoms with Crippen molar-refractivity contribution < 1.29 is 14.3 Å². The van der Waals surface area contributed by atoms with Gasteiger partial charge in [0.1, 0.15) is 0 Å². The van der Waals surface area contributed by atoms with Crippen molar-refractivity contribution in [2.75, 3.05) is 18.5 Å². The summed E-state index contributed by atoms with van der Waals surface area (Å²) < 4.78 is 11.3. The number of anilines is 1. The maximum Gasteiger partial charge on any atom is 0.256 e. The Morgan fingerprint density at radius 3 is 2.17 bits per heavy atom. The molecule has 4 heteroatoms. The van der Waals surface area contributed by atoms with Crippen molar-refractivity contribution in [2.45, 2.75) is 27.2 Å². The number of carbonyl (C=O) groups is 1. The fraction of sp³-hybridized carbons (Fsp3) is 0.316. The number of carbonyl (C=O) groups excluding carboxylic acids is 1. The van der Waals surface area contributed by atoms with Crippen molar-refractivity contribution in [3.8, 4) is 11.5 Å². The molecule has 0 aliphatic carbocycles. The summed E-state index contributed by atoms with van der Waals surface area (Å²) in [6.45, 7) is 7.18. The van der Waals surface area contributed by atoms with Gasteiger partial charge in [-0.3, -0.25) is 4.79 Å². The first-order chi connectivity index (χ1) is 11.0. The minimum Gasteiger partial charge on any atom is -0.490 e. The van der Waals surface area contributed by atoms with Gasteiger partial charge in [-0.15, -0.1) is 0 Å². The van der Waals surface area contributed by atoms with E-state index < -0.39 is 0 Å². The highest BCUT2D eigenvalue weighted by atomic mass is 16.5. The molecule has 1 aliphatic heterocycles. The average molecular weight is 311 g/mol. The normalized spacial score (nSPS) is 13.3. The Balaban J connectivity index is 1.88. The zero-order chi connectivity index (χ0) is 16.4. The Bertz CT molecular complexity index is 732. The second-order valence-corrected chi connectivity index (χ2v) is 5.99. The molecule has 1 aliphatic rings. The van der Waals surface area contributed by atoms with E-state index in [9.17, 15) is 4.79 Å². The zero-order valence-electron chi connectivity index (χ0n) is 13.7. The molecule has 0 saturated carbocycles. The minimum absolute atomic E-state index is 0.136. The quantitative estimate of drug-likeness (QED) is 0.911. The zero-order valence-corrected chi connectivity index (χ0v) is 13.7. The number of nitrogens with one attached hydrogen (secondary N) is 1. The molecule has 23 heavy (non-hydrogen) atoms. The predicted molar refractivity (Wildman–Crippen MR) is 90.7 cm³/mol. The van der Waals surface area contributed by atoms with Gasteiger partial charge in [0.05, 0.1) is 13.2 Å². The van der Waals surface area contributed by atoms with Crippen LogP contribution in [0.4, 0.5) is 5.69 Å². The lowest BCUT2D eigenvalue weighted by molar-refractivity contribution is 0.102. The molecule has 2 aromatic rings. The summed E-state index contributed by atoms with van der Waals surface area (Å²) in [7, 11) is 0. The largest absolute Gasteiger partial charge is 0.490 e. The standard InChI is InChI=1S/C19H21NO3/c1-12-7-13(2)9-15(8-12)20-19(21)16-11-18-17(10-14(16)3)22-5-4-6-23-18/h7-11H,4-6H2,1-3H3,(H,20,21). The minimum atomic E-state index is -0.136. The van der Waals surface area contributed by atoms with Crippen LogP contribution in [0.2, 0.25) is 0 Å². The van der Waals surface area contributed by atoms with Crippen LogP contribution in [-0.2, 0) is 0 Å². The summed E-state index contributed by atoms with van der Waals surface area (Å²) in [6, 6.07) is 9.64. The van der Waals surface area contributed by atoms with Crippen molar-refractivity contribution in [3.05, 3.63) is 52.6 Å². The smallest absolute Gasteiger partial charge is 0.256 e. The number of benzene rings is 2. The second-order valence-electron chi connectivity index (χ2n) is 5.99. The highest BCUT2D eigenvalue weighted by Gasteiger charge is 2.17. The predicted octanol–water partition coefficient (Wildman–Crippen LogP) is 4.03. The maximum absolute atomic E-state index is 12.6. The van der Waals surface area contributed by atoms with Crippen molar-refractivity contribution >= 4 is 11.6 Å². The lowest BCUT2D eigenvalue weighted by Crippen LogP contribution is -2.14. The van der Waals surface area contributed by atoms with E-state index in [1.807, 2.05) is 39.0 Å². The summed E-state index contributed by atoms with van der Waals surface area (Å²) in [5, 5.41) is 2.97. The summed E-state index contributed by atoms with van der Waals surface area (Å²) in [5.41, 5.74) is 4.52. The van der Waals surface area contributed by atoms with Crippen molar-refractivity contribution in [1.82, 2.24) is 0 Å². The third-order valence-electron chi connectivity index (χ3n) is 3.82. The van der Waals surface area contributed by atoms with Gasteiger partial charge in [-0.1, -0.05) is 6.07 Å². The first-order valence-corrected chi connectivity index (χ1v) is 7.83. The molecular weight excluding hydrogens is 290 g/mol. The van der Waals surface area contributed by atoms with E-state index in [2.05, 4.69) is 11.4 Å². The molecular formula is C19H21NO3. The third kappa shape index (κ3) is 3.47. The molecule has 3 rings (SSSR count). The van der Waals surface area contributed by atoms with Crippen LogP contribution < -0.4 is 14.8 Å². The van der Waals surface area contributed by atoms with Crippen molar-refractivity contribution in [1.29, 1.82) is 0 Å². The molecule has 1 heterocycles. The highest BCUT2D eigenvalue weighted by molar-refractivity contribution is 6.05. The first kappa shape index (κ1) is 15.4. The van der Waals surface area contributed by atoms with E-state index in [0.29, 0.717) is 30.3 Å². The molecule has 0 spiro atoms. The monoisotopic (exact) mass is 311 g/mol. The van der Waals surface area contributed by atoms with Crippen molar-refractivity contribution in [3.63, 3.8) is 0 Å². The number of hydrogen-bond donors (Lipinski definition) is 1. The van der Waals surface area contributed by atoms with Crippen LogP contribution in [0.5, 0.6) is 11.5 Å². The van der Waals surface area contributed by atoms with Crippen molar-refractivity contribution in [2.24, 2.45) is 0 Å². The average Bonchev–Trinajstić information content (AvgIpc) is 2.69. The molecule has 1 N–H and O–H groups in total. The molecule has 0 saturated heterocycles. The number of hydrogen-bond acceptors (Lipinski definition) is 3. The summed E-state index contributed by atoms with van der Waals surface area (Å²) in [5.74, 6) is 1.21. The van der Waals surface area contributed by atoms with E-state index in [-0.39, 0.29) is 5.91 Å². The number of aryl methyl sites for hydroxylation is 3. The molecule has 0 atom stereocenters. The topological polar surface area (TPSA) is 47.6 Å². The van der Waals surface area contributed by atoms with E-state index >= 15 is 0 Å². The first-order valence-electron chi connectivity index (χ1n) is 7.83. The van der Waals surface area contributed by atoms with Crippen LogP contribution >= 0.6 is 0 Å². The van der Waals surface area contributed by atoms with Gasteiger partial charge in [0.2, 0.25) is 0 Å².